The van der Waals surface area contributed by atoms with E-state index in [1.165, 1.54) is 13.2 Å². The highest BCUT2D eigenvalue weighted by Gasteiger charge is 2.35. The highest BCUT2D eigenvalue weighted by molar-refractivity contribution is 14.1. The summed E-state index contributed by atoms with van der Waals surface area (Å²) in [5, 5.41) is 5.19. The number of hydrogen-bond acceptors (Lipinski definition) is 5. The fourth-order valence-corrected chi connectivity index (χ4v) is 3.81. The molecule has 1 aliphatic rings. The van der Waals surface area contributed by atoms with Crippen molar-refractivity contribution in [2.45, 2.75) is 6.92 Å². The van der Waals surface area contributed by atoms with Gasteiger partial charge in [0.2, 0.25) is 5.91 Å². The van der Waals surface area contributed by atoms with Crippen LogP contribution in [0.25, 0.3) is 6.08 Å². The van der Waals surface area contributed by atoms with Crippen LogP contribution in [0, 0.1) is 22.8 Å². The van der Waals surface area contributed by atoms with Crippen LogP contribution in [0.4, 0.5) is 10.5 Å². The number of carbonyl (C=O) groups is 3. The minimum atomic E-state index is -0.670. The van der Waals surface area contributed by atoms with E-state index in [-0.39, 0.29) is 12.3 Å². The lowest BCUT2D eigenvalue weighted by Gasteiger charge is -2.12. The van der Waals surface area contributed by atoms with E-state index in [9.17, 15) is 14.4 Å². The quantitative estimate of drug-likeness (QED) is 0.241. The van der Waals surface area contributed by atoms with Crippen LogP contribution in [0.5, 0.6) is 11.5 Å². The molecule has 0 aromatic heterocycles. The summed E-state index contributed by atoms with van der Waals surface area (Å²) in [5.41, 5.74) is 2.22. The van der Waals surface area contributed by atoms with Gasteiger partial charge < -0.3 is 20.1 Å². The van der Waals surface area contributed by atoms with Gasteiger partial charge in [-0.05, 0) is 71.0 Å². The molecule has 3 rings (SSSR count). The van der Waals surface area contributed by atoms with Crippen LogP contribution in [0.15, 0.2) is 42.1 Å². The van der Waals surface area contributed by atoms with Crippen molar-refractivity contribution in [1.29, 1.82) is 0 Å². The molecule has 2 aromatic rings. The molecule has 1 saturated heterocycles. The molecule has 0 unspecified atom stereocenters. The standard InChI is InChI=1S/C23H20IN3O5/c1-4-8-32-21-17(24)10-15(12-19(21)31-3)11-18-22(29)27(23(30)26-18)13-20(28)25-16-7-5-6-14(2)9-16/h1,5-7,9-12H,8,13H2,2-3H3,(H,25,28)(H,26,30)/b18-11+. The molecule has 1 fully saturated rings. The van der Waals surface area contributed by atoms with Crippen LogP contribution in [0.3, 0.4) is 0 Å². The van der Waals surface area contributed by atoms with Crippen molar-refractivity contribution in [3.8, 4) is 23.8 Å². The Labute approximate surface area is 199 Å². The highest BCUT2D eigenvalue weighted by atomic mass is 127. The summed E-state index contributed by atoms with van der Waals surface area (Å²) < 4.78 is 11.6. The number of anilines is 1. The fraction of sp³-hybridized carbons (Fsp3) is 0.174. The van der Waals surface area contributed by atoms with Gasteiger partial charge in [-0.3, -0.25) is 9.59 Å². The first-order chi connectivity index (χ1) is 15.3. The minimum Gasteiger partial charge on any atom is -0.493 e. The predicted molar refractivity (Wildman–Crippen MR) is 128 cm³/mol. The second kappa shape index (κ2) is 10.2. The van der Waals surface area contributed by atoms with Gasteiger partial charge in [-0.15, -0.1) is 6.42 Å². The summed E-state index contributed by atoms with van der Waals surface area (Å²) in [5.74, 6) is 2.24. The number of nitrogens with zero attached hydrogens (tertiary/aromatic N) is 1. The highest BCUT2D eigenvalue weighted by Crippen LogP contribution is 2.34. The Morgan fingerprint density at radius 1 is 1.31 bits per heavy atom. The number of rotatable bonds is 7. The van der Waals surface area contributed by atoms with Gasteiger partial charge in [0, 0.05) is 5.69 Å². The summed E-state index contributed by atoms with van der Waals surface area (Å²) in [4.78, 5) is 38.2. The van der Waals surface area contributed by atoms with Gasteiger partial charge >= 0.3 is 6.03 Å². The number of ether oxygens (including phenoxy) is 2. The molecule has 0 bridgehead atoms. The van der Waals surface area contributed by atoms with E-state index >= 15 is 0 Å². The van der Waals surface area contributed by atoms with Gasteiger partial charge in [-0.25, -0.2) is 9.69 Å². The lowest BCUT2D eigenvalue weighted by atomic mass is 10.1. The van der Waals surface area contributed by atoms with Crippen LogP contribution in [0.1, 0.15) is 11.1 Å². The predicted octanol–water partition coefficient (Wildman–Crippen LogP) is 3.15. The largest absolute Gasteiger partial charge is 0.493 e. The lowest BCUT2D eigenvalue weighted by molar-refractivity contribution is -0.127. The zero-order valence-electron chi connectivity index (χ0n) is 17.4. The maximum atomic E-state index is 12.7. The first-order valence-corrected chi connectivity index (χ1v) is 10.5. The number of methoxy groups -OCH3 is 1. The van der Waals surface area contributed by atoms with Gasteiger partial charge in [0.1, 0.15) is 18.8 Å². The monoisotopic (exact) mass is 545 g/mol. The number of carbonyl (C=O) groups excluding carboxylic acids is 3. The third-order valence-electron chi connectivity index (χ3n) is 4.43. The molecule has 1 heterocycles. The number of aryl methyl sites for hydroxylation is 1. The normalized spacial score (nSPS) is 14.2. The van der Waals surface area contributed by atoms with Crippen LogP contribution in [0.2, 0.25) is 0 Å². The molecule has 2 N–H and O–H groups in total. The molecule has 4 amide bonds. The number of imide groups is 1. The zero-order valence-corrected chi connectivity index (χ0v) is 19.6. The SMILES string of the molecule is C#CCOc1c(I)cc(/C=C2/NC(=O)N(CC(=O)Nc3cccc(C)c3)C2=O)cc1OC. The molecular weight excluding hydrogens is 525 g/mol. The van der Waals surface area contributed by atoms with Gasteiger partial charge in [0.15, 0.2) is 11.5 Å². The molecule has 0 radical (unpaired) electrons. The fourth-order valence-electron chi connectivity index (χ4n) is 3.03. The molecule has 0 spiro atoms. The maximum Gasteiger partial charge on any atom is 0.329 e. The minimum absolute atomic E-state index is 0.0495. The van der Waals surface area contributed by atoms with Crippen molar-refractivity contribution in [3.05, 3.63) is 56.8 Å². The van der Waals surface area contributed by atoms with Crippen LogP contribution in [-0.2, 0) is 9.59 Å². The van der Waals surface area contributed by atoms with E-state index in [4.69, 9.17) is 15.9 Å². The van der Waals surface area contributed by atoms with Gasteiger partial charge in [0.25, 0.3) is 5.91 Å². The van der Waals surface area contributed by atoms with E-state index in [2.05, 4.69) is 39.1 Å². The molecule has 32 heavy (non-hydrogen) atoms. The number of halogens is 1. The second-order valence-electron chi connectivity index (χ2n) is 6.82. The third kappa shape index (κ3) is 5.39. The maximum absolute atomic E-state index is 12.7. The number of benzene rings is 2. The molecule has 0 aliphatic carbocycles. The summed E-state index contributed by atoms with van der Waals surface area (Å²) >= 11 is 2.06. The van der Waals surface area contributed by atoms with E-state index in [1.54, 1.807) is 30.3 Å². The average Bonchev–Trinajstić information content (AvgIpc) is 3.00. The first kappa shape index (κ1) is 23.1. The van der Waals surface area contributed by atoms with Gasteiger partial charge in [0.05, 0.1) is 10.7 Å². The number of nitrogens with one attached hydrogen (secondary N) is 2. The van der Waals surface area contributed by atoms with Crippen LogP contribution in [-0.4, -0.2) is 43.0 Å². The molecule has 0 saturated carbocycles. The van der Waals surface area contributed by atoms with Crippen LogP contribution >= 0.6 is 22.6 Å². The van der Waals surface area contributed by atoms with Crippen LogP contribution < -0.4 is 20.1 Å². The van der Waals surface area contributed by atoms with Crippen molar-refractivity contribution < 1.29 is 23.9 Å². The number of amides is 4. The van der Waals surface area contributed by atoms with E-state index < -0.39 is 24.4 Å². The molecule has 164 valence electrons. The van der Waals surface area contributed by atoms with Crippen molar-refractivity contribution in [2.75, 3.05) is 25.6 Å². The van der Waals surface area contributed by atoms with E-state index in [0.717, 1.165) is 14.0 Å². The topological polar surface area (TPSA) is 97.0 Å². The van der Waals surface area contributed by atoms with Gasteiger partial charge in [-0.1, -0.05) is 18.1 Å². The molecular formula is C23H20IN3O5. The Bertz CT molecular complexity index is 1150. The summed E-state index contributed by atoms with van der Waals surface area (Å²) in [6, 6.07) is 9.97. The Kier molecular flexibility index (Phi) is 7.37. The van der Waals surface area contributed by atoms with Crippen molar-refractivity contribution in [1.82, 2.24) is 10.2 Å². The second-order valence-corrected chi connectivity index (χ2v) is 7.99. The summed E-state index contributed by atoms with van der Waals surface area (Å²) in [6.07, 6.45) is 6.75. The van der Waals surface area contributed by atoms with Gasteiger partial charge in [-0.2, -0.15) is 0 Å². The number of hydrogen-bond donors (Lipinski definition) is 2. The molecule has 8 nitrogen and oxygen atoms in total. The third-order valence-corrected chi connectivity index (χ3v) is 5.23. The zero-order chi connectivity index (χ0) is 23.3. The van der Waals surface area contributed by atoms with Crippen molar-refractivity contribution in [3.63, 3.8) is 0 Å². The number of terminal acetylenes is 1. The van der Waals surface area contributed by atoms with Crippen molar-refractivity contribution >= 4 is 52.2 Å². The van der Waals surface area contributed by atoms with E-state index in [1.807, 2.05) is 13.0 Å². The van der Waals surface area contributed by atoms with Crippen molar-refractivity contribution in [2.24, 2.45) is 0 Å². The molecule has 0 atom stereocenters. The Balaban J connectivity index is 1.76. The smallest absolute Gasteiger partial charge is 0.329 e. The molecule has 2 aromatic carbocycles. The summed E-state index contributed by atoms with van der Waals surface area (Å²) in [7, 11) is 1.49. The van der Waals surface area contributed by atoms with E-state index in [0.29, 0.717) is 22.7 Å². The lowest BCUT2D eigenvalue weighted by Crippen LogP contribution is -2.38. The first-order valence-electron chi connectivity index (χ1n) is 9.47. The summed E-state index contributed by atoms with van der Waals surface area (Å²) in [6.45, 7) is 1.57. The molecule has 1 aliphatic heterocycles. The Hall–Kier alpha value is -3.52. The number of urea groups is 1. The Morgan fingerprint density at radius 3 is 2.78 bits per heavy atom. The Morgan fingerprint density at radius 2 is 2.09 bits per heavy atom. The average molecular weight is 545 g/mol. The molecule has 9 heteroatoms.